The number of benzene rings is 1. The fourth-order valence-electron chi connectivity index (χ4n) is 3.89. The highest BCUT2D eigenvalue weighted by Gasteiger charge is 2.20. The first-order valence-corrected chi connectivity index (χ1v) is 10.4. The molecular weight excluding hydrogens is 371 g/mol. The lowest BCUT2D eigenvalue weighted by Gasteiger charge is -2.21. The molecule has 0 saturated heterocycles. The van der Waals surface area contributed by atoms with Crippen LogP contribution in [0.3, 0.4) is 0 Å². The Morgan fingerprint density at radius 2 is 2.11 bits per heavy atom. The van der Waals surface area contributed by atoms with Gasteiger partial charge in [-0.2, -0.15) is 0 Å². The molecule has 4 nitrogen and oxygen atoms in total. The third-order valence-corrected chi connectivity index (χ3v) is 6.55. The van der Waals surface area contributed by atoms with E-state index in [0.29, 0.717) is 11.7 Å². The predicted molar refractivity (Wildman–Crippen MR) is 116 cm³/mol. The van der Waals surface area contributed by atoms with Gasteiger partial charge in [0, 0.05) is 34.6 Å². The lowest BCUT2D eigenvalue weighted by Crippen LogP contribution is -2.30. The molecule has 3 aromatic rings. The van der Waals surface area contributed by atoms with E-state index < -0.39 is 0 Å². The summed E-state index contributed by atoms with van der Waals surface area (Å²) in [6.45, 7) is 5.22. The summed E-state index contributed by atoms with van der Waals surface area (Å²) in [4.78, 5) is 11.1. The van der Waals surface area contributed by atoms with Crippen LogP contribution in [-0.2, 0) is 0 Å². The Kier molecular flexibility index (Phi) is 4.25. The highest BCUT2D eigenvalue weighted by atomic mass is 32.1. The summed E-state index contributed by atoms with van der Waals surface area (Å²) in [6, 6.07) is 7.77. The summed E-state index contributed by atoms with van der Waals surface area (Å²) in [5, 5.41) is 7.79. The second-order valence-corrected chi connectivity index (χ2v) is 8.43. The Labute approximate surface area is 167 Å². The van der Waals surface area contributed by atoms with Crippen LogP contribution >= 0.6 is 11.3 Å². The molecule has 6 heteroatoms. The number of hydrogen-bond donors (Lipinski definition) is 2. The van der Waals surface area contributed by atoms with Gasteiger partial charge in [0.25, 0.3) is 0 Å². The standard InChI is InChI=1S/C22H21FN4S/c1-12-11-26-19-10-20(17(23)8-15(12)19)27-18-5-7-25-22-16(18)9-21(28-22)14-4-3-6-24-13(14)2/h4-5,7-13,24H,3,6H2,1-2H3,(H,25,27). The van der Waals surface area contributed by atoms with Crippen LogP contribution in [0, 0.1) is 5.82 Å². The van der Waals surface area contributed by atoms with Crippen molar-refractivity contribution < 1.29 is 4.39 Å². The summed E-state index contributed by atoms with van der Waals surface area (Å²) in [5.41, 5.74) is 4.38. The molecule has 0 spiro atoms. The highest BCUT2D eigenvalue weighted by molar-refractivity contribution is 7.19. The third-order valence-electron chi connectivity index (χ3n) is 5.46. The summed E-state index contributed by atoms with van der Waals surface area (Å²) >= 11 is 1.68. The van der Waals surface area contributed by atoms with Crippen LogP contribution in [0.4, 0.5) is 21.5 Å². The highest BCUT2D eigenvalue weighted by Crippen LogP contribution is 2.39. The maximum Gasteiger partial charge on any atom is 0.147 e. The molecule has 0 amide bonds. The Morgan fingerprint density at radius 3 is 2.96 bits per heavy atom. The number of pyridine rings is 1. The summed E-state index contributed by atoms with van der Waals surface area (Å²) in [6.07, 6.45) is 6.97. The van der Waals surface area contributed by atoms with E-state index in [1.54, 1.807) is 29.7 Å². The molecule has 2 unspecified atom stereocenters. The van der Waals surface area contributed by atoms with Crippen LogP contribution in [0.1, 0.15) is 36.6 Å². The zero-order valence-electron chi connectivity index (χ0n) is 15.8. The van der Waals surface area contributed by atoms with E-state index in [9.17, 15) is 4.39 Å². The normalized spacial score (nSPS) is 21.0. The van der Waals surface area contributed by atoms with Crippen molar-refractivity contribution in [2.75, 3.05) is 11.9 Å². The topological polar surface area (TPSA) is 49.3 Å². The number of fused-ring (bicyclic) bond motifs is 2. The maximum absolute atomic E-state index is 14.7. The molecule has 2 atom stereocenters. The van der Waals surface area contributed by atoms with Crippen molar-refractivity contribution in [2.24, 2.45) is 4.99 Å². The van der Waals surface area contributed by atoms with E-state index >= 15 is 0 Å². The first-order chi connectivity index (χ1) is 13.6. The molecule has 1 aromatic carbocycles. The lowest BCUT2D eigenvalue weighted by molar-refractivity contribution is 0.628. The molecule has 0 radical (unpaired) electrons. The van der Waals surface area contributed by atoms with Crippen molar-refractivity contribution in [2.45, 2.75) is 32.2 Å². The Balaban J connectivity index is 1.54. The number of nitrogens with zero attached hydrogens (tertiary/aromatic N) is 2. The van der Waals surface area contributed by atoms with Crippen molar-refractivity contribution in [3.63, 3.8) is 0 Å². The fourth-order valence-corrected chi connectivity index (χ4v) is 5.04. The van der Waals surface area contributed by atoms with Gasteiger partial charge in [-0.05, 0) is 55.3 Å². The Morgan fingerprint density at radius 1 is 1.21 bits per heavy atom. The molecule has 0 bridgehead atoms. The van der Waals surface area contributed by atoms with Gasteiger partial charge < -0.3 is 10.6 Å². The van der Waals surface area contributed by atoms with Crippen molar-refractivity contribution in [1.29, 1.82) is 0 Å². The summed E-state index contributed by atoms with van der Waals surface area (Å²) in [5.74, 6) is -0.102. The number of halogens is 1. The number of nitrogens with one attached hydrogen (secondary N) is 2. The zero-order chi connectivity index (χ0) is 19.3. The van der Waals surface area contributed by atoms with Crippen molar-refractivity contribution >= 4 is 50.4 Å². The molecule has 2 N–H and O–H groups in total. The smallest absolute Gasteiger partial charge is 0.147 e. The van der Waals surface area contributed by atoms with Gasteiger partial charge in [0.05, 0.1) is 17.1 Å². The molecular formula is C22H21FN4S. The van der Waals surface area contributed by atoms with Crippen molar-refractivity contribution in [3.05, 3.63) is 52.8 Å². The maximum atomic E-state index is 14.7. The largest absolute Gasteiger partial charge is 0.352 e. The van der Waals surface area contributed by atoms with Crippen LogP contribution in [0.2, 0.25) is 0 Å². The average molecular weight is 393 g/mol. The number of aromatic nitrogens is 1. The van der Waals surface area contributed by atoms with Crippen LogP contribution in [0.5, 0.6) is 0 Å². The van der Waals surface area contributed by atoms with Gasteiger partial charge in [-0.25, -0.2) is 9.37 Å². The van der Waals surface area contributed by atoms with E-state index in [-0.39, 0.29) is 11.7 Å². The number of rotatable bonds is 3. The molecule has 4 heterocycles. The number of anilines is 2. The van der Waals surface area contributed by atoms with Crippen LogP contribution in [0.15, 0.2) is 41.5 Å². The van der Waals surface area contributed by atoms with Gasteiger partial charge in [-0.1, -0.05) is 13.0 Å². The molecule has 28 heavy (non-hydrogen) atoms. The zero-order valence-corrected chi connectivity index (χ0v) is 16.6. The summed E-state index contributed by atoms with van der Waals surface area (Å²) in [7, 11) is 0. The molecule has 0 saturated carbocycles. The van der Waals surface area contributed by atoms with E-state index in [0.717, 1.165) is 40.1 Å². The monoisotopic (exact) mass is 392 g/mol. The van der Waals surface area contributed by atoms with Crippen LogP contribution in [-0.4, -0.2) is 23.8 Å². The van der Waals surface area contributed by atoms with Gasteiger partial charge in [-0.3, -0.25) is 4.99 Å². The minimum Gasteiger partial charge on any atom is -0.352 e. The molecule has 0 aliphatic carbocycles. The molecule has 2 aliphatic rings. The van der Waals surface area contributed by atoms with Gasteiger partial charge in [-0.15, -0.1) is 11.3 Å². The number of hydrogen-bond acceptors (Lipinski definition) is 5. The second-order valence-electron chi connectivity index (χ2n) is 7.39. The molecule has 0 fully saturated rings. The molecule has 142 valence electrons. The number of thiophene rings is 1. The minimum absolute atomic E-state index is 0.157. The summed E-state index contributed by atoms with van der Waals surface area (Å²) < 4.78 is 14.7. The predicted octanol–water partition coefficient (Wildman–Crippen LogP) is 5.76. The van der Waals surface area contributed by atoms with Gasteiger partial charge in [0.15, 0.2) is 0 Å². The van der Waals surface area contributed by atoms with E-state index in [1.807, 2.05) is 19.2 Å². The Hall–Kier alpha value is -2.57. The van der Waals surface area contributed by atoms with Gasteiger partial charge in [0.2, 0.25) is 0 Å². The molecule has 2 aliphatic heterocycles. The van der Waals surface area contributed by atoms with Gasteiger partial charge in [0.1, 0.15) is 10.6 Å². The number of aliphatic imine (C=N–C) groups is 1. The second kappa shape index (κ2) is 6.79. The average Bonchev–Trinajstić information content (AvgIpc) is 3.27. The molecule has 2 aromatic heterocycles. The van der Waals surface area contributed by atoms with Crippen LogP contribution in [0.25, 0.3) is 15.8 Å². The van der Waals surface area contributed by atoms with Gasteiger partial charge >= 0.3 is 0 Å². The van der Waals surface area contributed by atoms with E-state index in [2.05, 4.69) is 39.7 Å². The Bertz CT molecular complexity index is 1130. The van der Waals surface area contributed by atoms with E-state index in [4.69, 9.17) is 0 Å². The van der Waals surface area contributed by atoms with Crippen molar-refractivity contribution in [1.82, 2.24) is 10.3 Å². The third kappa shape index (κ3) is 2.93. The SMILES string of the molecule is CC1NCCC=C1c1cc2c(Nc3cc4c(cc3F)C(C)C=N4)ccnc2s1. The van der Waals surface area contributed by atoms with E-state index in [1.165, 1.54) is 10.5 Å². The molecule has 5 rings (SSSR count). The quantitative estimate of drug-likeness (QED) is 0.595. The first kappa shape index (κ1) is 17.5. The fraction of sp³-hybridized carbons (Fsp3) is 0.273. The minimum atomic E-state index is -0.260. The van der Waals surface area contributed by atoms with Crippen molar-refractivity contribution in [3.8, 4) is 0 Å². The van der Waals surface area contributed by atoms with Crippen LogP contribution < -0.4 is 10.6 Å². The first-order valence-electron chi connectivity index (χ1n) is 9.57. The lowest BCUT2D eigenvalue weighted by atomic mass is 10.0.